The summed E-state index contributed by atoms with van der Waals surface area (Å²) in [5, 5.41) is 15.8. The molecular formula is C48H66N9O9S+. The fourth-order valence-corrected chi connectivity index (χ4v) is 11.0. The first-order chi connectivity index (χ1) is 31.6. The van der Waals surface area contributed by atoms with Crippen molar-refractivity contribution in [3.8, 4) is 28.1 Å². The lowest BCUT2D eigenvalue weighted by molar-refractivity contribution is -0.835. The number of methoxy groups -OCH3 is 1. The van der Waals surface area contributed by atoms with E-state index in [0.29, 0.717) is 48.4 Å². The van der Waals surface area contributed by atoms with Crippen molar-refractivity contribution in [2.75, 3.05) is 54.5 Å². The van der Waals surface area contributed by atoms with Crippen LogP contribution in [0.25, 0.3) is 33.3 Å². The van der Waals surface area contributed by atoms with Crippen LogP contribution < -0.4 is 10.7 Å². The number of likely N-dealkylation sites (N-methyl/N-ethyl adjacent to an activating group) is 3. The van der Waals surface area contributed by atoms with Crippen LogP contribution in [0.5, 0.6) is 5.75 Å². The number of pyridine rings is 1. The van der Waals surface area contributed by atoms with Crippen LogP contribution in [0.1, 0.15) is 77.3 Å². The van der Waals surface area contributed by atoms with E-state index in [2.05, 4.69) is 40.4 Å². The van der Waals surface area contributed by atoms with E-state index in [9.17, 15) is 32.8 Å². The Kier molecular flexibility index (Phi) is 14.5. The number of nitrogens with one attached hydrogen (secondary N) is 2. The Bertz CT molecular complexity index is 2650. The number of hydrazine groups is 1. The number of phenols is 1. The minimum absolute atomic E-state index is 0.0431. The van der Waals surface area contributed by atoms with Gasteiger partial charge in [0.15, 0.2) is 6.61 Å². The van der Waals surface area contributed by atoms with Crippen LogP contribution >= 0.6 is 0 Å². The number of sulfonamides is 1. The molecule has 19 heteroatoms. The predicted octanol–water partition coefficient (Wildman–Crippen LogP) is 4.59. The normalized spacial score (nSPS) is 22.0. The number of fused-ring (bicyclic) bond motifs is 6. The Hall–Kier alpha value is -5.47. The second kappa shape index (κ2) is 19.6. The maximum absolute atomic E-state index is 14.7. The molecule has 67 heavy (non-hydrogen) atoms. The Morgan fingerprint density at radius 1 is 1.12 bits per heavy atom. The highest BCUT2D eigenvalue weighted by atomic mass is 32.2. The van der Waals surface area contributed by atoms with Crippen molar-refractivity contribution < 1.29 is 42.4 Å². The van der Waals surface area contributed by atoms with Crippen molar-refractivity contribution in [2.24, 2.45) is 11.3 Å². The lowest BCUT2D eigenvalue weighted by Crippen LogP contribution is -2.62. The summed E-state index contributed by atoms with van der Waals surface area (Å²) in [6, 6.07) is 12.9. The molecule has 3 aliphatic rings. The summed E-state index contributed by atoms with van der Waals surface area (Å²) in [5.41, 5.74) is 9.22. The third-order valence-electron chi connectivity index (χ3n) is 13.3. The van der Waals surface area contributed by atoms with Crippen LogP contribution in [0.2, 0.25) is 0 Å². The monoisotopic (exact) mass is 944 g/mol. The first kappa shape index (κ1) is 49.4. The van der Waals surface area contributed by atoms with Gasteiger partial charge in [-0.25, -0.2) is 13.3 Å². The summed E-state index contributed by atoms with van der Waals surface area (Å²) in [6.45, 7) is 12.5. The van der Waals surface area contributed by atoms with Gasteiger partial charge in [0.25, 0.3) is 5.91 Å². The Labute approximate surface area is 393 Å². The molecule has 6 bridgehead atoms. The molecule has 0 saturated carbocycles. The number of aromatic hydroxyl groups is 1. The van der Waals surface area contributed by atoms with E-state index in [-0.39, 0.29) is 31.4 Å². The smallest absolute Gasteiger partial charge is 0.326 e. The minimum atomic E-state index is -3.77. The summed E-state index contributed by atoms with van der Waals surface area (Å²) in [5.74, 6) is -2.25. The number of amides is 3. The summed E-state index contributed by atoms with van der Waals surface area (Å²) >= 11 is 0. The van der Waals surface area contributed by atoms with Gasteiger partial charge >= 0.3 is 6.17 Å². The van der Waals surface area contributed by atoms with Gasteiger partial charge in [0.05, 0.1) is 28.9 Å². The van der Waals surface area contributed by atoms with Gasteiger partial charge in [-0.05, 0) is 98.3 Å². The molecule has 2 saturated heterocycles. The fraction of sp³-hybridized carbons (Fsp3) is 0.542. The van der Waals surface area contributed by atoms with Gasteiger partial charge < -0.3 is 24.6 Å². The zero-order chi connectivity index (χ0) is 48.7. The average molecular weight is 945 g/mol. The first-order valence-electron chi connectivity index (χ1n) is 23.0. The van der Waals surface area contributed by atoms with Gasteiger partial charge in [-0.2, -0.15) is 9.73 Å². The topological polar surface area (TPSA) is 199 Å². The third kappa shape index (κ3) is 10.4. The zero-order valence-corrected chi connectivity index (χ0v) is 41.1. The molecule has 0 spiro atoms. The molecule has 1 unspecified atom stereocenters. The molecule has 18 nitrogen and oxygen atoms in total. The van der Waals surface area contributed by atoms with Crippen molar-refractivity contribution in [1.29, 1.82) is 0 Å². The lowest BCUT2D eigenvalue weighted by atomic mass is 9.84. The maximum Gasteiger partial charge on any atom is 0.326 e. The van der Waals surface area contributed by atoms with Crippen molar-refractivity contribution in [1.82, 2.24) is 39.4 Å². The van der Waals surface area contributed by atoms with E-state index in [4.69, 9.17) is 14.6 Å². The SMILES string of the molecule is CCn1c(-c2cccnc2[C@H](C)OC)c2c3cc(ccc31)-c1cc(O)cc(c1)C[C@H](NC(=O)[C@H](C(C)C)N(C)C(=O)CN(C)S(=O)(=O)[C@H]1CN1C)C(=O)N1CCC[C@H](N1)[N+](=O)OCC(C)(C)C2. The van der Waals surface area contributed by atoms with Gasteiger partial charge in [0.1, 0.15) is 23.2 Å². The lowest BCUT2D eigenvalue weighted by Gasteiger charge is -2.35. The summed E-state index contributed by atoms with van der Waals surface area (Å²) < 4.78 is 35.1. The molecule has 6 atom stereocenters. The molecule has 0 radical (unpaired) electrons. The average Bonchev–Trinajstić information content (AvgIpc) is 3.97. The summed E-state index contributed by atoms with van der Waals surface area (Å²) in [7, 11) is 2.35. The molecule has 0 aliphatic carbocycles. The number of ether oxygens (including phenoxy) is 1. The molecule has 7 rings (SSSR count). The highest BCUT2D eigenvalue weighted by Crippen LogP contribution is 2.42. The number of carbonyl (C=O) groups excluding carboxylic acids is 3. The number of hydrogen-bond acceptors (Lipinski definition) is 12. The molecule has 2 aromatic heterocycles. The van der Waals surface area contributed by atoms with Crippen molar-refractivity contribution in [3.05, 3.63) is 76.5 Å². The summed E-state index contributed by atoms with van der Waals surface area (Å²) in [4.78, 5) is 70.8. The van der Waals surface area contributed by atoms with Crippen molar-refractivity contribution in [2.45, 2.75) is 103 Å². The second-order valence-electron chi connectivity index (χ2n) is 19.3. The number of hydrogen-bond donors (Lipinski definition) is 3. The maximum atomic E-state index is 14.7. The third-order valence-corrected chi connectivity index (χ3v) is 15.4. The molecule has 2 fully saturated rings. The van der Waals surface area contributed by atoms with Gasteiger partial charge in [0.2, 0.25) is 26.8 Å². The minimum Gasteiger partial charge on any atom is -0.508 e. The van der Waals surface area contributed by atoms with Crippen LogP contribution in [-0.2, 0) is 53.4 Å². The standard InChI is InChI=1S/C48H65N9O9S/c1-11-55-39-17-16-32-24-36(39)37(45(55)35-14-12-18-49-43(35)30(4)65-10)25-48(5,6)28-66-57(62)40-15-13-19-56(51-40)47(61)38(22-31-20-33(32)23-34(58)21-31)50-46(60)44(29(2)3)54(9)41(59)26-53(8)67(63,64)42-27-52(42)7/h12,14,16-18,20-21,23-24,29-30,38,40,42,44,51H,11,13,15,19,22,25-28H2,1-10H3,(H-,50,58,60)/p+1/t30-,38-,40+,42-,44-,52?/m0/s1. The number of rotatable bonds is 12. The van der Waals surface area contributed by atoms with E-state index in [0.717, 1.165) is 43.3 Å². The molecule has 3 aliphatic heterocycles. The molecule has 5 heterocycles. The van der Waals surface area contributed by atoms with Crippen LogP contribution in [0.15, 0.2) is 54.7 Å². The Morgan fingerprint density at radius 3 is 2.52 bits per heavy atom. The zero-order valence-electron chi connectivity index (χ0n) is 40.3. The summed E-state index contributed by atoms with van der Waals surface area (Å²) in [6.07, 6.45) is 1.82. The number of phenolic OH excluding ortho intramolecular Hbond substituents is 1. The molecular weight excluding hydrogens is 879 g/mol. The van der Waals surface area contributed by atoms with Gasteiger partial charge in [-0.15, -0.1) is 0 Å². The van der Waals surface area contributed by atoms with E-state index in [1.165, 1.54) is 24.0 Å². The molecule has 4 aromatic rings. The quantitative estimate of drug-likeness (QED) is 0.167. The van der Waals surface area contributed by atoms with Gasteiger partial charge in [-0.1, -0.05) is 39.8 Å². The van der Waals surface area contributed by atoms with Crippen molar-refractivity contribution in [3.63, 3.8) is 0 Å². The van der Waals surface area contributed by atoms with Crippen LogP contribution in [0.3, 0.4) is 0 Å². The highest BCUT2D eigenvalue weighted by Gasteiger charge is 2.46. The first-order valence-corrected chi connectivity index (χ1v) is 24.5. The van der Waals surface area contributed by atoms with Crippen LogP contribution in [0.4, 0.5) is 0 Å². The molecule has 3 amide bonds. The molecule has 2 aromatic carbocycles. The molecule has 362 valence electrons. The Morgan fingerprint density at radius 2 is 1.85 bits per heavy atom. The van der Waals surface area contributed by atoms with E-state index in [1.807, 2.05) is 39.0 Å². The number of nitrogens with zero attached hydrogens (tertiary/aromatic N) is 7. The van der Waals surface area contributed by atoms with E-state index in [1.54, 1.807) is 51.2 Å². The Balaban J connectivity index is 1.30. The number of aromatic nitrogens is 2. The number of benzene rings is 2. The van der Waals surface area contributed by atoms with Crippen molar-refractivity contribution >= 4 is 38.6 Å². The van der Waals surface area contributed by atoms with Crippen LogP contribution in [0, 0.1) is 16.2 Å². The van der Waals surface area contributed by atoms with Gasteiger partial charge in [-0.3, -0.25) is 29.3 Å². The van der Waals surface area contributed by atoms with Crippen LogP contribution in [-0.4, -0.2) is 143 Å². The van der Waals surface area contributed by atoms with E-state index >= 15 is 0 Å². The second-order valence-corrected chi connectivity index (χ2v) is 21.5. The highest BCUT2D eigenvalue weighted by molar-refractivity contribution is 7.90. The molecule has 3 N–H and O–H groups in total. The van der Waals surface area contributed by atoms with E-state index < -0.39 is 69.2 Å². The predicted molar refractivity (Wildman–Crippen MR) is 253 cm³/mol. The number of carbonyl (C=O) groups is 3. The number of aryl methyl sites for hydroxylation is 1. The fourth-order valence-electron chi connectivity index (χ4n) is 9.45. The largest absolute Gasteiger partial charge is 0.508 e. The van der Waals surface area contributed by atoms with Gasteiger partial charge in [0, 0.05) is 81.8 Å².